The van der Waals surface area contributed by atoms with Crippen LogP contribution in [0.25, 0.3) is 0 Å². The average molecular weight is 420 g/mol. The monoisotopic (exact) mass is 419 g/mol. The van der Waals surface area contributed by atoms with Crippen LogP contribution < -0.4 is 10.6 Å². The number of rotatable bonds is 6. The minimum absolute atomic E-state index is 0.158. The van der Waals surface area contributed by atoms with Crippen molar-refractivity contribution in [2.24, 2.45) is 0 Å². The molecule has 0 radical (unpaired) electrons. The second-order valence-corrected chi connectivity index (χ2v) is 7.29. The first-order valence-corrected chi connectivity index (χ1v) is 9.71. The van der Waals surface area contributed by atoms with Gasteiger partial charge in [-0.2, -0.15) is 0 Å². The molecule has 0 aliphatic carbocycles. The van der Waals surface area contributed by atoms with Crippen LogP contribution in [0, 0.1) is 0 Å². The van der Waals surface area contributed by atoms with E-state index >= 15 is 0 Å². The number of hydrogen-bond donors (Lipinski definition) is 2. The van der Waals surface area contributed by atoms with Gasteiger partial charge in [0.05, 0.1) is 15.7 Å². The van der Waals surface area contributed by atoms with E-state index in [0.717, 1.165) is 5.56 Å². The molecule has 0 saturated carbocycles. The van der Waals surface area contributed by atoms with Gasteiger partial charge in [-0.25, -0.2) is 4.98 Å². The van der Waals surface area contributed by atoms with Gasteiger partial charge in [-0.1, -0.05) is 59.6 Å². The zero-order valence-corrected chi connectivity index (χ0v) is 16.4. The zero-order valence-electron chi connectivity index (χ0n) is 14.0. The van der Waals surface area contributed by atoms with E-state index in [2.05, 4.69) is 15.6 Å². The molecular weight excluding hydrogens is 405 g/mol. The molecule has 0 unspecified atom stereocenters. The van der Waals surface area contributed by atoms with Crippen LogP contribution in [0.4, 0.5) is 10.8 Å². The van der Waals surface area contributed by atoms with Crippen LogP contribution in [0.5, 0.6) is 0 Å². The highest BCUT2D eigenvalue weighted by atomic mass is 35.5. The second-order valence-electron chi connectivity index (χ2n) is 5.62. The molecule has 0 saturated heterocycles. The molecule has 8 heteroatoms. The van der Waals surface area contributed by atoms with Crippen molar-refractivity contribution in [3.63, 3.8) is 0 Å². The van der Waals surface area contributed by atoms with Crippen molar-refractivity contribution in [3.05, 3.63) is 75.2 Å². The van der Waals surface area contributed by atoms with Gasteiger partial charge in [0.25, 0.3) is 5.91 Å². The first-order chi connectivity index (χ1) is 13.0. The summed E-state index contributed by atoms with van der Waals surface area (Å²) in [6.07, 6.45) is 0.969. The molecule has 5 nitrogen and oxygen atoms in total. The molecule has 0 fully saturated rings. The van der Waals surface area contributed by atoms with Crippen molar-refractivity contribution in [2.45, 2.75) is 12.8 Å². The summed E-state index contributed by atoms with van der Waals surface area (Å²) in [7, 11) is 0. The maximum atomic E-state index is 12.3. The van der Waals surface area contributed by atoms with Crippen molar-refractivity contribution < 1.29 is 9.59 Å². The number of aromatic nitrogens is 1. The normalized spacial score (nSPS) is 10.4. The minimum Gasteiger partial charge on any atom is -0.318 e. The molecule has 0 atom stereocenters. The number of nitrogens with one attached hydrogen (secondary N) is 2. The van der Waals surface area contributed by atoms with E-state index < -0.39 is 5.91 Å². The number of amides is 2. The summed E-state index contributed by atoms with van der Waals surface area (Å²) in [6, 6.07) is 14.7. The highest BCUT2D eigenvalue weighted by Gasteiger charge is 2.15. The van der Waals surface area contributed by atoms with Gasteiger partial charge in [0.2, 0.25) is 5.91 Å². The van der Waals surface area contributed by atoms with Crippen molar-refractivity contribution in [1.29, 1.82) is 0 Å². The molecule has 2 aromatic carbocycles. The number of thiazole rings is 1. The summed E-state index contributed by atoms with van der Waals surface area (Å²) in [5.74, 6) is -0.611. The summed E-state index contributed by atoms with van der Waals surface area (Å²) < 4.78 is 0. The number of para-hydroxylation sites is 1. The number of carbonyl (C=O) groups is 2. The number of nitrogens with zero attached hydrogens (tertiary/aromatic N) is 1. The third-order valence-electron chi connectivity index (χ3n) is 3.67. The number of aryl methyl sites for hydroxylation is 1. The molecule has 3 aromatic rings. The highest BCUT2D eigenvalue weighted by Crippen LogP contribution is 2.30. The van der Waals surface area contributed by atoms with Crippen LogP contribution in [0.2, 0.25) is 10.0 Å². The lowest BCUT2D eigenvalue weighted by atomic mass is 10.1. The van der Waals surface area contributed by atoms with Crippen LogP contribution >= 0.6 is 34.5 Å². The lowest BCUT2D eigenvalue weighted by molar-refractivity contribution is -0.116. The maximum absolute atomic E-state index is 12.3. The number of benzene rings is 2. The average Bonchev–Trinajstić information content (AvgIpc) is 3.12. The van der Waals surface area contributed by atoms with Gasteiger partial charge in [-0.15, -0.1) is 11.3 Å². The standard InChI is InChI=1S/C19H15Cl2N3O2S/c20-13-7-4-8-14(21)17(13)24-18(26)15-11-27-19(22-15)23-16(25)10-9-12-5-2-1-3-6-12/h1-8,11H,9-10H2,(H,24,26)(H,22,23,25). The Morgan fingerprint density at radius 3 is 2.37 bits per heavy atom. The van der Waals surface area contributed by atoms with Gasteiger partial charge >= 0.3 is 0 Å². The summed E-state index contributed by atoms with van der Waals surface area (Å²) in [6.45, 7) is 0. The van der Waals surface area contributed by atoms with Crippen LogP contribution in [0.15, 0.2) is 53.9 Å². The van der Waals surface area contributed by atoms with Crippen LogP contribution in [-0.4, -0.2) is 16.8 Å². The van der Waals surface area contributed by atoms with Gasteiger partial charge in [-0.05, 0) is 24.1 Å². The Hall–Kier alpha value is -2.41. The summed E-state index contributed by atoms with van der Waals surface area (Å²) in [5.41, 5.74) is 1.59. The Bertz CT molecular complexity index is 940. The van der Waals surface area contributed by atoms with Crippen molar-refractivity contribution in [1.82, 2.24) is 4.98 Å². The lowest BCUT2D eigenvalue weighted by Gasteiger charge is -2.07. The molecule has 1 heterocycles. The number of halogens is 2. The molecule has 1 aromatic heterocycles. The first kappa shape index (κ1) is 19.4. The number of carbonyl (C=O) groups excluding carboxylic acids is 2. The van der Waals surface area contributed by atoms with Gasteiger partial charge in [0, 0.05) is 11.8 Å². The fourth-order valence-electron chi connectivity index (χ4n) is 2.31. The fourth-order valence-corrected chi connectivity index (χ4v) is 3.51. The molecule has 0 bridgehead atoms. The lowest BCUT2D eigenvalue weighted by Crippen LogP contribution is -2.15. The molecule has 0 aliphatic rings. The van der Waals surface area contributed by atoms with Crippen molar-refractivity contribution in [3.8, 4) is 0 Å². The Labute approximate surface area is 170 Å². The van der Waals surface area contributed by atoms with Crippen LogP contribution in [0.1, 0.15) is 22.5 Å². The predicted molar refractivity (Wildman–Crippen MR) is 110 cm³/mol. The smallest absolute Gasteiger partial charge is 0.275 e. The van der Waals surface area contributed by atoms with E-state index in [0.29, 0.717) is 33.7 Å². The molecule has 0 aliphatic heterocycles. The van der Waals surface area contributed by atoms with Crippen LogP contribution in [-0.2, 0) is 11.2 Å². The van der Waals surface area contributed by atoms with E-state index in [-0.39, 0.29) is 11.6 Å². The summed E-state index contributed by atoms with van der Waals surface area (Å²) >= 11 is 13.3. The second kappa shape index (κ2) is 8.99. The SMILES string of the molecule is O=C(CCc1ccccc1)Nc1nc(C(=O)Nc2c(Cl)cccc2Cl)cs1. The van der Waals surface area contributed by atoms with Gasteiger partial charge < -0.3 is 10.6 Å². The zero-order chi connectivity index (χ0) is 19.2. The maximum Gasteiger partial charge on any atom is 0.275 e. The molecule has 138 valence electrons. The highest BCUT2D eigenvalue weighted by molar-refractivity contribution is 7.14. The summed E-state index contributed by atoms with van der Waals surface area (Å²) in [4.78, 5) is 28.5. The third kappa shape index (κ3) is 5.29. The Morgan fingerprint density at radius 2 is 1.67 bits per heavy atom. The van der Waals surface area contributed by atoms with Gasteiger partial charge in [0.15, 0.2) is 5.13 Å². The van der Waals surface area contributed by atoms with Crippen molar-refractivity contribution in [2.75, 3.05) is 10.6 Å². The minimum atomic E-state index is -0.453. The van der Waals surface area contributed by atoms with Crippen LogP contribution in [0.3, 0.4) is 0 Å². The van der Waals surface area contributed by atoms with E-state index in [1.165, 1.54) is 11.3 Å². The van der Waals surface area contributed by atoms with E-state index in [4.69, 9.17) is 23.2 Å². The molecular formula is C19H15Cl2N3O2S. The third-order valence-corrected chi connectivity index (χ3v) is 5.06. The Balaban J connectivity index is 1.57. The molecule has 27 heavy (non-hydrogen) atoms. The largest absolute Gasteiger partial charge is 0.318 e. The van der Waals surface area contributed by atoms with Gasteiger partial charge in [0.1, 0.15) is 5.69 Å². The van der Waals surface area contributed by atoms with E-state index in [1.54, 1.807) is 23.6 Å². The topological polar surface area (TPSA) is 71.1 Å². The number of hydrogen-bond acceptors (Lipinski definition) is 4. The van der Waals surface area contributed by atoms with E-state index in [9.17, 15) is 9.59 Å². The van der Waals surface area contributed by atoms with Gasteiger partial charge in [-0.3, -0.25) is 9.59 Å². The Kier molecular flexibility index (Phi) is 6.45. The predicted octanol–water partition coefficient (Wildman–Crippen LogP) is 5.27. The fraction of sp³-hybridized carbons (Fsp3) is 0.105. The molecule has 2 N–H and O–H groups in total. The van der Waals surface area contributed by atoms with E-state index in [1.807, 2.05) is 30.3 Å². The molecule has 0 spiro atoms. The quantitative estimate of drug-likeness (QED) is 0.571. The molecule has 2 amide bonds. The Morgan fingerprint density at radius 1 is 0.963 bits per heavy atom. The first-order valence-electron chi connectivity index (χ1n) is 8.07. The molecule has 3 rings (SSSR count). The number of anilines is 2. The summed E-state index contributed by atoms with van der Waals surface area (Å²) in [5, 5.41) is 7.94. The van der Waals surface area contributed by atoms with Crippen molar-refractivity contribution >= 4 is 57.2 Å².